The summed E-state index contributed by atoms with van der Waals surface area (Å²) in [7, 11) is 2.04. The third kappa shape index (κ3) is 4.19. The first-order valence-corrected chi connectivity index (χ1v) is 12.3. The molecule has 10 heteroatoms. The van der Waals surface area contributed by atoms with Crippen molar-refractivity contribution in [1.29, 1.82) is 0 Å². The standard InChI is InChI=1S/C25H30ClFN4O4/c1-25(2)7-9-30(3)17(25)13-35-23-19-22(34-12-14-11-28-8-10-31(14)24(19)33)20(26)21(29-23)18-15(27)5-4-6-16(18)32/h4-6,14,17,28,32H,7-13H2,1-3H3/t14-,17?/m1/s1. The van der Waals surface area contributed by atoms with Crippen LogP contribution in [0.2, 0.25) is 5.02 Å². The summed E-state index contributed by atoms with van der Waals surface area (Å²) in [4.78, 5) is 22.2. The molecule has 0 bridgehead atoms. The van der Waals surface area contributed by atoms with Crippen molar-refractivity contribution in [3.63, 3.8) is 0 Å². The van der Waals surface area contributed by atoms with Gasteiger partial charge in [0, 0.05) is 25.7 Å². The van der Waals surface area contributed by atoms with Gasteiger partial charge in [0.05, 0.1) is 11.6 Å². The van der Waals surface area contributed by atoms with E-state index in [1.54, 1.807) is 4.90 Å². The smallest absolute Gasteiger partial charge is 0.263 e. The average Bonchev–Trinajstić information content (AvgIpc) is 2.99. The minimum atomic E-state index is -0.691. The van der Waals surface area contributed by atoms with Crippen LogP contribution in [0.15, 0.2) is 18.2 Å². The Hall–Kier alpha value is -2.62. The lowest BCUT2D eigenvalue weighted by Gasteiger charge is -2.34. The van der Waals surface area contributed by atoms with Gasteiger partial charge in [-0.25, -0.2) is 9.37 Å². The zero-order valence-corrected chi connectivity index (χ0v) is 20.9. The maximum Gasteiger partial charge on any atom is 0.263 e. The number of hydrogen-bond acceptors (Lipinski definition) is 7. The molecule has 0 aliphatic carbocycles. The average molecular weight is 505 g/mol. The number of pyridine rings is 1. The summed E-state index contributed by atoms with van der Waals surface area (Å²) in [5.74, 6) is -1.15. The molecule has 35 heavy (non-hydrogen) atoms. The molecule has 1 aromatic heterocycles. The number of benzene rings is 1. The number of piperazine rings is 1. The second-order valence-corrected chi connectivity index (χ2v) is 10.5. The van der Waals surface area contributed by atoms with E-state index in [-0.39, 0.29) is 75.8 Å². The molecule has 0 radical (unpaired) electrons. The number of phenols is 1. The van der Waals surface area contributed by atoms with Crippen molar-refractivity contribution in [1.82, 2.24) is 20.1 Å². The third-order valence-corrected chi connectivity index (χ3v) is 7.81. The number of carbonyl (C=O) groups excluding carboxylic acids is 1. The Bertz CT molecular complexity index is 1140. The number of amides is 1. The predicted molar refractivity (Wildman–Crippen MR) is 130 cm³/mol. The van der Waals surface area contributed by atoms with Crippen molar-refractivity contribution < 1.29 is 23.8 Å². The summed E-state index contributed by atoms with van der Waals surface area (Å²) in [6, 6.07) is 3.88. The quantitative estimate of drug-likeness (QED) is 0.661. The van der Waals surface area contributed by atoms with E-state index in [1.165, 1.54) is 18.2 Å². The number of fused-ring (bicyclic) bond motifs is 2. The van der Waals surface area contributed by atoms with Gasteiger partial charge in [-0.15, -0.1) is 0 Å². The van der Waals surface area contributed by atoms with Crippen LogP contribution in [0.4, 0.5) is 4.39 Å². The van der Waals surface area contributed by atoms with Gasteiger partial charge in [-0.3, -0.25) is 9.69 Å². The molecule has 1 amide bonds. The number of aromatic nitrogens is 1. The monoisotopic (exact) mass is 504 g/mol. The van der Waals surface area contributed by atoms with Crippen molar-refractivity contribution in [3.05, 3.63) is 34.6 Å². The summed E-state index contributed by atoms with van der Waals surface area (Å²) in [6.45, 7) is 7.57. The third-order valence-electron chi connectivity index (χ3n) is 7.46. The lowest BCUT2D eigenvalue weighted by Crippen LogP contribution is -2.54. The van der Waals surface area contributed by atoms with E-state index in [0.29, 0.717) is 19.6 Å². The minimum absolute atomic E-state index is 0.00884. The lowest BCUT2D eigenvalue weighted by molar-refractivity contribution is 0.0601. The van der Waals surface area contributed by atoms with E-state index in [9.17, 15) is 14.3 Å². The van der Waals surface area contributed by atoms with Crippen LogP contribution in [0.3, 0.4) is 0 Å². The second kappa shape index (κ2) is 9.11. The predicted octanol–water partition coefficient (Wildman–Crippen LogP) is 3.16. The normalized spacial score (nSPS) is 23.9. The van der Waals surface area contributed by atoms with Crippen LogP contribution >= 0.6 is 11.6 Å². The van der Waals surface area contributed by atoms with Crippen molar-refractivity contribution in [3.8, 4) is 28.6 Å². The Morgan fingerprint density at radius 3 is 2.86 bits per heavy atom. The van der Waals surface area contributed by atoms with Gasteiger partial charge in [-0.05, 0) is 37.6 Å². The van der Waals surface area contributed by atoms with Crippen LogP contribution in [0.25, 0.3) is 11.3 Å². The number of likely N-dealkylation sites (N-methyl/N-ethyl adjacent to an activating group) is 1. The Balaban J connectivity index is 1.63. The fraction of sp³-hybridized carbons (Fsp3) is 0.520. The van der Waals surface area contributed by atoms with E-state index in [0.717, 1.165) is 13.0 Å². The number of hydrogen-bond donors (Lipinski definition) is 2. The summed E-state index contributed by atoms with van der Waals surface area (Å²) >= 11 is 6.69. The number of nitrogens with one attached hydrogen (secondary N) is 1. The molecule has 4 heterocycles. The number of phenolic OH excluding ortho intramolecular Hbond substituents is 1. The molecule has 1 aromatic carbocycles. The maximum atomic E-state index is 14.8. The number of likely N-dealkylation sites (tertiary alicyclic amines) is 1. The first-order valence-electron chi connectivity index (χ1n) is 11.9. The molecular weight excluding hydrogens is 475 g/mol. The molecular formula is C25H30ClFN4O4. The highest BCUT2D eigenvalue weighted by molar-refractivity contribution is 6.35. The zero-order chi connectivity index (χ0) is 24.9. The Kier molecular flexibility index (Phi) is 6.27. The van der Waals surface area contributed by atoms with E-state index in [1.807, 2.05) is 7.05 Å². The van der Waals surface area contributed by atoms with Gasteiger partial charge in [0.25, 0.3) is 5.91 Å². The SMILES string of the molecule is CN1CCC(C)(C)C1COc1nc(-c2c(O)cccc2F)c(Cl)c2c1C(=O)N1CCNC[C@@H]1CO2. The number of rotatable bonds is 4. The summed E-state index contributed by atoms with van der Waals surface area (Å²) in [5, 5.41) is 13.7. The maximum absolute atomic E-state index is 14.8. The Morgan fingerprint density at radius 2 is 2.14 bits per heavy atom. The van der Waals surface area contributed by atoms with Gasteiger partial charge in [0.15, 0.2) is 5.75 Å². The lowest BCUT2D eigenvalue weighted by atomic mass is 9.85. The molecule has 0 spiro atoms. The van der Waals surface area contributed by atoms with Crippen molar-refractivity contribution in [2.24, 2.45) is 5.41 Å². The number of ether oxygens (including phenoxy) is 2. The van der Waals surface area contributed by atoms with Crippen molar-refractivity contribution in [2.45, 2.75) is 32.4 Å². The molecule has 2 atom stereocenters. The van der Waals surface area contributed by atoms with Crippen LogP contribution < -0.4 is 14.8 Å². The van der Waals surface area contributed by atoms with Crippen LogP contribution in [0.1, 0.15) is 30.6 Å². The van der Waals surface area contributed by atoms with Crippen molar-refractivity contribution in [2.75, 3.05) is 46.4 Å². The Labute approximate surface area is 209 Å². The topological polar surface area (TPSA) is 87.2 Å². The van der Waals surface area contributed by atoms with Gasteiger partial charge >= 0.3 is 0 Å². The molecule has 2 N–H and O–H groups in total. The van der Waals surface area contributed by atoms with E-state index >= 15 is 0 Å². The highest BCUT2D eigenvalue weighted by Crippen LogP contribution is 2.46. The largest absolute Gasteiger partial charge is 0.507 e. The summed E-state index contributed by atoms with van der Waals surface area (Å²) in [5.41, 5.74) is -0.0454. The van der Waals surface area contributed by atoms with E-state index in [2.05, 4.69) is 29.0 Å². The summed E-state index contributed by atoms with van der Waals surface area (Å²) in [6.07, 6.45) is 1.02. The zero-order valence-electron chi connectivity index (χ0n) is 20.1. The second-order valence-electron chi connectivity index (χ2n) is 10.1. The van der Waals surface area contributed by atoms with Crippen LogP contribution in [0.5, 0.6) is 17.4 Å². The molecule has 8 nitrogen and oxygen atoms in total. The van der Waals surface area contributed by atoms with Crippen LogP contribution in [-0.2, 0) is 0 Å². The molecule has 3 aliphatic rings. The van der Waals surface area contributed by atoms with Gasteiger partial charge in [-0.1, -0.05) is 31.5 Å². The van der Waals surface area contributed by atoms with Crippen molar-refractivity contribution >= 4 is 17.5 Å². The molecule has 1 unspecified atom stereocenters. The molecule has 5 rings (SSSR count). The fourth-order valence-electron chi connectivity index (χ4n) is 5.26. The molecule has 2 saturated heterocycles. The summed E-state index contributed by atoms with van der Waals surface area (Å²) < 4.78 is 27.1. The van der Waals surface area contributed by atoms with Crippen LogP contribution in [-0.4, -0.2) is 84.3 Å². The van der Waals surface area contributed by atoms with Gasteiger partial charge in [0.1, 0.15) is 41.1 Å². The number of carbonyl (C=O) groups is 1. The molecule has 0 saturated carbocycles. The fourth-order valence-corrected chi connectivity index (χ4v) is 5.54. The highest BCUT2D eigenvalue weighted by atomic mass is 35.5. The number of aromatic hydroxyl groups is 1. The number of nitrogens with zero attached hydrogens (tertiary/aromatic N) is 3. The first kappa shape index (κ1) is 24.1. The molecule has 2 fully saturated rings. The Morgan fingerprint density at radius 1 is 1.34 bits per heavy atom. The van der Waals surface area contributed by atoms with E-state index in [4.69, 9.17) is 21.1 Å². The van der Waals surface area contributed by atoms with Gasteiger partial charge in [-0.2, -0.15) is 0 Å². The van der Waals surface area contributed by atoms with Crippen LogP contribution in [0, 0.1) is 11.2 Å². The molecule has 188 valence electrons. The first-order chi connectivity index (χ1) is 16.7. The highest BCUT2D eigenvalue weighted by Gasteiger charge is 2.41. The van der Waals surface area contributed by atoms with E-state index < -0.39 is 5.82 Å². The minimum Gasteiger partial charge on any atom is -0.507 e. The molecule has 3 aliphatic heterocycles. The van der Waals surface area contributed by atoms with Gasteiger partial charge < -0.3 is 24.8 Å². The van der Waals surface area contributed by atoms with Gasteiger partial charge in [0.2, 0.25) is 5.88 Å². The number of halogens is 2. The molecule has 2 aromatic rings.